The molecule has 0 heteroatoms. The Balaban J connectivity index is 3.68. The standard InChI is InChI=1S/C16H32/c1-5-7-9-10-11-12-14-16(15(3)4)13-8-6-2/h14-15H,5-13H2,1-4H3. The van der Waals surface area contributed by atoms with Crippen LogP contribution in [0, 0.1) is 5.92 Å². The molecule has 0 N–H and O–H groups in total. The van der Waals surface area contributed by atoms with E-state index in [1.54, 1.807) is 5.57 Å². The molecule has 0 bridgehead atoms. The first-order valence-corrected chi connectivity index (χ1v) is 7.41. The van der Waals surface area contributed by atoms with Crippen LogP contribution >= 0.6 is 0 Å². The molecule has 96 valence electrons. The zero-order valence-corrected chi connectivity index (χ0v) is 12.0. The van der Waals surface area contributed by atoms with Crippen molar-refractivity contribution in [1.82, 2.24) is 0 Å². The summed E-state index contributed by atoms with van der Waals surface area (Å²) in [6.07, 6.45) is 14.8. The van der Waals surface area contributed by atoms with E-state index < -0.39 is 0 Å². The van der Waals surface area contributed by atoms with Crippen molar-refractivity contribution in [2.24, 2.45) is 5.92 Å². The lowest BCUT2D eigenvalue weighted by Crippen LogP contribution is -1.94. The van der Waals surface area contributed by atoms with Crippen LogP contribution in [-0.2, 0) is 0 Å². The summed E-state index contributed by atoms with van der Waals surface area (Å²) >= 11 is 0. The van der Waals surface area contributed by atoms with E-state index >= 15 is 0 Å². The lowest BCUT2D eigenvalue weighted by Gasteiger charge is -2.11. The van der Waals surface area contributed by atoms with Crippen LogP contribution in [0.15, 0.2) is 11.6 Å². The molecule has 0 fully saturated rings. The number of allylic oxidation sites excluding steroid dienone is 2. The van der Waals surface area contributed by atoms with Gasteiger partial charge in [0.05, 0.1) is 0 Å². The fourth-order valence-electron chi connectivity index (χ4n) is 2.04. The van der Waals surface area contributed by atoms with E-state index in [2.05, 4.69) is 33.8 Å². The Morgan fingerprint density at radius 2 is 1.50 bits per heavy atom. The molecule has 0 aromatic heterocycles. The van der Waals surface area contributed by atoms with Gasteiger partial charge in [0, 0.05) is 0 Å². The van der Waals surface area contributed by atoms with E-state index in [-0.39, 0.29) is 0 Å². The molecule has 16 heavy (non-hydrogen) atoms. The Labute approximate surface area is 104 Å². The minimum atomic E-state index is 0.752. The maximum Gasteiger partial charge on any atom is -0.0260 e. The molecule has 0 heterocycles. The van der Waals surface area contributed by atoms with Crippen molar-refractivity contribution < 1.29 is 0 Å². The van der Waals surface area contributed by atoms with Gasteiger partial charge < -0.3 is 0 Å². The molecule has 0 rings (SSSR count). The van der Waals surface area contributed by atoms with Crippen LogP contribution in [-0.4, -0.2) is 0 Å². The summed E-state index contributed by atoms with van der Waals surface area (Å²) in [6.45, 7) is 9.22. The normalized spacial score (nSPS) is 12.4. The van der Waals surface area contributed by atoms with Gasteiger partial charge >= 0.3 is 0 Å². The van der Waals surface area contributed by atoms with E-state index in [0.717, 1.165) is 5.92 Å². The highest BCUT2D eigenvalue weighted by atomic mass is 14.1. The van der Waals surface area contributed by atoms with Gasteiger partial charge in [0.25, 0.3) is 0 Å². The van der Waals surface area contributed by atoms with Crippen LogP contribution in [0.4, 0.5) is 0 Å². The third-order valence-electron chi connectivity index (χ3n) is 3.27. The van der Waals surface area contributed by atoms with Gasteiger partial charge in [-0.3, -0.25) is 0 Å². The molecule has 0 atom stereocenters. The zero-order chi connectivity index (χ0) is 12.2. The Hall–Kier alpha value is -0.260. The van der Waals surface area contributed by atoms with E-state index in [1.807, 2.05) is 0 Å². The van der Waals surface area contributed by atoms with Gasteiger partial charge in [0.15, 0.2) is 0 Å². The van der Waals surface area contributed by atoms with E-state index in [0.29, 0.717) is 0 Å². The predicted molar refractivity (Wildman–Crippen MR) is 75.8 cm³/mol. The Morgan fingerprint density at radius 3 is 2.06 bits per heavy atom. The summed E-state index contributed by atoms with van der Waals surface area (Å²) in [6, 6.07) is 0. The first-order chi connectivity index (χ1) is 7.72. The highest BCUT2D eigenvalue weighted by Gasteiger charge is 2.01. The molecule has 0 aliphatic rings. The van der Waals surface area contributed by atoms with Crippen LogP contribution in [0.25, 0.3) is 0 Å². The van der Waals surface area contributed by atoms with Crippen LogP contribution in [0.5, 0.6) is 0 Å². The van der Waals surface area contributed by atoms with Crippen LogP contribution < -0.4 is 0 Å². The second-order valence-corrected chi connectivity index (χ2v) is 5.24. The van der Waals surface area contributed by atoms with Crippen molar-refractivity contribution in [2.75, 3.05) is 0 Å². The number of hydrogen-bond donors (Lipinski definition) is 0. The maximum atomic E-state index is 2.52. The Kier molecular flexibility index (Phi) is 11.0. The molecular weight excluding hydrogens is 192 g/mol. The van der Waals surface area contributed by atoms with Gasteiger partial charge in [-0.05, 0) is 31.6 Å². The molecule has 0 aliphatic carbocycles. The molecule has 0 saturated heterocycles. The summed E-state index contributed by atoms with van der Waals surface area (Å²) < 4.78 is 0. The van der Waals surface area contributed by atoms with Gasteiger partial charge in [0.1, 0.15) is 0 Å². The molecule has 0 radical (unpaired) electrons. The minimum absolute atomic E-state index is 0.752. The first-order valence-electron chi connectivity index (χ1n) is 7.41. The Bertz CT molecular complexity index is 165. The van der Waals surface area contributed by atoms with Crippen molar-refractivity contribution >= 4 is 0 Å². The summed E-state index contributed by atoms with van der Waals surface area (Å²) in [4.78, 5) is 0. The van der Waals surface area contributed by atoms with Gasteiger partial charge in [-0.2, -0.15) is 0 Å². The van der Waals surface area contributed by atoms with E-state index in [9.17, 15) is 0 Å². The Morgan fingerprint density at radius 1 is 0.875 bits per heavy atom. The van der Waals surface area contributed by atoms with Gasteiger partial charge in [-0.1, -0.05) is 71.4 Å². The van der Waals surface area contributed by atoms with Gasteiger partial charge in [0.2, 0.25) is 0 Å². The summed E-state index contributed by atoms with van der Waals surface area (Å²) in [5.41, 5.74) is 1.69. The monoisotopic (exact) mass is 224 g/mol. The second-order valence-electron chi connectivity index (χ2n) is 5.24. The first kappa shape index (κ1) is 15.7. The summed E-state index contributed by atoms with van der Waals surface area (Å²) in [5, 5.41) is 0. The predicted octanol–water partition coefficient (Wildman–Crippen LogP) is 6.12. The molecule has 0 nitrogen and oxygen atoms in total. The average Bonchev–Trinajstić information content (AvgIpc) is 2.26. The third-order valence-corrected chi connectivity index (χ3v) is 3.27. The fourth-order valence-corrected chi connectivity index (χ4v) is 2.04. The molecular formula is C16H32. The molecule has 0 aromatic carbocycles. The quantitative estimate of drug-likeness (QED) is 0.310. The average molecular weight is 224 g/mol. The van der Waals surface area contributed by atoms with Crippen LogP contribution in [0.3, 0.4) is 0 Å². The maximum absolute atomic E-state index is 2.52. The summed E-state index contributed by atoms with van der Waals surface area (Å²) in [5.74, 6) is 0.752. The summed E-state index contributed by atoms with van der Waals surface area (Å²) in [7, 11) is 0. The fraction of sp³-hybridized carbons (Fsp3) is 0.875. The second kappa shape index (κ2) is 11.2. The topological polar surface area (TPSA) is 0 Å². The smallest absolute Gasteiger partial charge is 0.0260 e. The molecule has 0 aliphatic heterocycles. The van der Waals surface area contributed by atoms with Crippen molar-refractivity contribution in [2.45, 2.75) is 85.5 Å². The molecule has 0 unspecified atom stereocenters. The number of rotatable bonds is 10. The molecule has 0 amide bonds. The zero-order valence-electron chi connectivity index (χ0n) is 12.0. The van der Waals surface area contributed by atoms with Crippen LogP contribution in [0.2, 0.25) is 0 Å². The van der Waals surface area contributed by atoms with Crippen LogP contribution in [0.1, 0.15) is 85.5 Å². The van der Waals surface area contributed by atoms with Crippen molar-refractivity contribution in [3.8, 4) is 0 Å². The third kappa shape index (κ3) is 9.00. The molecule has 0 saturated carbocycles. The van der Waals surface area contributed by atoms with Crippen molar-refractivity contribution in [3.05, 3.63) is 11.6 Å². The lowest BCUT2D eigenvalue weighted by atomic mass is 9.96. The number of unbranched alkanes of at least 4 members (excludes halogenated alkanes) is 6. The minimum Gasteiger partial charge on any atom is -0.0851 e. The van der Waals surface area contributed by atoms with Crippen molar-refractivity contribution in [3.63, 3.8) is 0 Å². The molecule has 0 spiro atoms. The lowest BCUT2D eigenvalue weighted by molar-refractivity contribution is 0.626. The van der Waals surface area contributed by atoms with Gasteiger partial charge in [-0.25, -0.2) is 0 Å². The highest BCUT2D eigenvalue weighted by Crippen LogP contribution is 2.18. The largest absolute Gasteiger partial charge is 0.0851 e. The SMILES string of the molecule is CCCCCCCC=C(CCCC)C(C)C. The van der Waals surface area contributed by atoms with E-state index in [1.165, 1.54) is 57.8 Å². The van der Waals surface area contributed by atoms with E-state index in [4.69, 9.17) is 0 Å². The molecule has 0 aromatic rings. The highest BCUT2D eigenvalue weighted by molar-refractivity contribution is 5.04. The van der Waals surface area contributed by atoms with Gasteiger partial charge in [-0.15, -0.1) is 0 Å². The number of hydrogen-bond acceptors (Lipinski definition) is 0. The van der Waals surface area contributed by atoms with Crippen molar-refractivity contribution in [1.29, 1.82) is 0 Å².